The van der Waals surface area contributed by atoms with E-state index in [0.29, 0.717) is 11.2 Å². The van der Waals surface area contributed by atoms with E-state index >= 15 is 0 Å². The highest BCUT2D eigenvalue weighted by molar-refractivity contribution is 7.19. The Morgan fingerprint density at radius 1 is 1.20 bits per heavy atom. The van der Waals surface area contributed by atoms with E-state index in [1.54, 1.807) is 0 Å². The lowest BCUT2D eigenvalue weighted by Gasteiger charge is -2.30. The lowest BCUT2D eigenvalue weighted by Crippen LogP contribution is -2.33. The van der Waals surface area contributed by atoms with E-state index < -0.39 is 17.7 Å². The summed E-state index contributed by atoms with van der Waals surface area (Å²) in [7, 11) is 1.97. The van der Waals surface area contributed by atoms with Crippen molar-refractivity contribution < 1.29 is 13.6 Å². The summed E-state index contributed by atoms with van der Waals surface area (Å²) < 4.78 is 26.7. The molecule has 3 rings (SSSR count). The quantitative estimate of drug-likeness (QED) is 0.848. The van der Waals surface area contributed by atoms with Crippen LogP contribution in [0.15, 0.2) is 18.2 Å². The monoisotopic (exact) mass is 367 g/mol. The van der Waals surface area contributed by atoms with Crippen molar-refractivity contribution in [1.29, 1.82) is 0 Å². The second-order valence-corrected chi connectivity index (χ2v) is 6.95. The molecule has 0 bridgehead atoms. The van der Waals surface area contributed by atoms with E-state index in [0.717, 1.165) is 36.2 Å². The first-order valence-electron chi connectivity index (χ1n) is 8.12. The molecular formula is C16H19F2N5OS. The van der Waals surface area contributed by atoms with Gasteiger partial charge >= 0.3 is 6.03 Å². The molecule has 0 saturated heterocycles. The van der Waals surface area contributed by atoms with Crippen molar-refractivity contribution >= 4 is 33.3 Å². The van der Waals surface area contributed by atoms with Crippen LogP contribution in [-0.4, -0.2) is 29.3 Å². The number of anilines is 3. The smallest absolute Gasteiger partial charge is 0.325 e. The predicted octanol–water partition coefficient (Wildman–Crippen LogP) is 4.23. The summed E-state index contributed by atoms with van der Waals surface area (Å²) in [6.45, 7) is 0. The van der Waals surface area contributed by atoms with Crippen LogP contribution in [0.2, 0.25) is 0 Å². The van der Waals surface area contributed by atoms with Gasteiger partial charge in [-0.05, 0) is 25.0 Å². The summed E-state index contributed by atoms with van der Waals surface area (Å²) in [5.74, 6) is -1.35. The molecular weight excluding hydrogens is 348 g/mol. The fourth-order valence-electron chi connectivity index (χ4n) is 2.88. The average molecular weight is 367 g/mol. The van der Waals surface area contributed by atoms with Crippen LogP contribution in [0.4, 0.5) is 29.5 Å². The number of aromatic nitrogens is 2. The van der Waals surface area contributed by atoms with Crippen molar-refractivity contribution in [2.45, 2.75) is 38.1 Å². The van der Waals surface area contributed by atoms with Crippen molar-refractivity contribution in [3.63, 3.8) is 0 Å². The summed E-state index contributed by atoms with van der Waals surface area (Å²) >= 11 is 1.24. The second-order valence-electron chi connectivity index (χ2n) is 6.00. The van der Waals surface area contributed by atoms with Gasteiger partial charge in [-0.3, -0.25) is 5.32 Å². The number of carbonyl (C=O) groups is 1. The molecule has 25 heavy (non-hydrogen) atoms. The number of rotatable bonds is 4. The Morgan fingerprint density at radius 3 is 2.72 bits per heavy atom. The average Bonchev–Trinajstić information content (AvgIpc) is 3.06. The van der Waals surface area contributed by atoms with Crippen LogP contribution in [-0.2, 0) is 0 Å². The molecule has 1 heterocycles. The van der Waals surface area contributed by atoms with E-state index in [1.807, 2.05) is 7.05 Å². The first-order chi connectivity index (χ1) is 12.0. The zero-order chi connectivity index (χ0) is 17.8. The zero-order valence-corrected chi connectivity index (χ0v) is 14.6. The molecule has 0 radical (unpaired) electrons. The molecule has 0 aliphatic heterocycles. The van der Waals surface area contributed by atoms with Crippen LogP contribution in [0.25, 0.3) is 0 Å². The minimum atomic E-state index is -0.716. The number of nitrogens with zero attached hydrogens (tertiary/aromatic N) is 3. The third kappa shape index (κ3) is 4.41. The Bertz CT molecular complexity index is 748. The molecule has 2 aromatic rings. The van der Waals surface area contributed by atoms with Crippen molar-refractivity contribution in [1.82, 2.24) is 10.2 Å². The van der Waals surface area contributed by atoms with E-state index in [9.17, 15) is 13.6 Å². The van der Waals surface area contributed by atoms with E-state index in [2.05, 4.69) is 25.7 Å². The van der Waals surface area contributed by atoms with Gasteiger partial charge in [-0.2, -0.15) is 0 Å². The SMILES string of the molecule is CN(c1nnc(NC(=O)Nc2cc(F)ccc2F)s1)C1CCCCC1. The van der Waals surface area contributed by atoms with Gasteiger partial charge in [-0.25, -0.2) is 13.6 Å². The first kappa shape index (κ1) is 17.5. The third-order valence-electron chi connectivity index (χ3n) is 4.24. The molecule has 134 valence electrons. The number of urea groups is 1. The molecule has 9 heteroatoms. The lowest BCUT2D eigenvalue weighted by molar-refractivity contribution is 0.262. The Hall–Kier alpha value is -2.29. The van der Waals surface area contributed by atoms with Gasteiger partial charge in [-0.1, -0.05) is 30.6 Å². The molecule has 0 spiro atoms. The van der Waals surface area contributed by atoms with E-state index in [-0.39, 0.29) is 5.69 Å². The molecule has 0 atom stereocenters. The van der Waals surface area contributed by atoms with Crippen LogP contribution >= 0.6 is 11.3 Å². The Labute approximate surface area is 148 Å². The summed E-state index contributed by atoms with van der Waals surface area (Å²) in [6, 6.07) is 2.58. The van der Waals surface area contributed by atoms with Gasteiger partial charge in [0.1, 0.15) is 11.6 Å². The Balaban J connectivity index is 1.60. The maximum atomic E-state index is 13.5. The van der Waals surface area contributed by atoms with Crippen LogP contribution in [0.5, 0.6) is 0 Å². The summed E-state index contributed by atoms with van der Waals surface area (Å²) in [4.78, 5) is 14.0. The molecule has 2 N–H and O–H groups in total. The normalized spacial score (nSPS) is 15.0. The van der Waals surface area contributed by atoms with Gasteiger partial charge in [-0.15, -0.1) is 10.2 Å². The lowest BCUT2D eigenvalue weighted by atomic mass is 9.95. The van der Waals surface area contributed by atoms with Gasteiger partial charge in [0.25, 0.3) is 0 Å². The molecule has 0 unspecified atom stereocenters. The molecule has 2 amide bonds. The van der Waals surface area contributed by atoms with E-state index in [4.69, 9.17) is 0 Å². The number of hydrogen-bond donors (Lipinski definition) is 2. The minimum absolute atomic E-state index is 0.235. The maximum absolute atomic E-state index is 13.5. The van der Waals surface area contributed by atoms with Crippen LogP contribution in [0.1, 0.15) is 32.1 Å². The zero-order valence-electron chi connectivity index (χ0n) is 13.8. The van der Waals surface area contributed by atoms with Crippen molar-refractivity contribution in [2.75, 3.05) is 22.6 Å². The Kier molecular flexibility index (Phi) is 5.42. The molecule has 1 saturated carbocycles. The molecule has 1 aromatic heterocycles. The van der Waals surface area contributed by atoms with E-state index in [1.165, 1.54) is 30.6 Å². The Morgan fingerprint density at radius 2 is 1.96 bits per heavy atom. The van der Waals surface area contributed by atoms with Crippen LogP contribution in [0, 0.1) is 11.6 Å². The predicted molar refractivity (Wildman–Crippen MR) is 94.2 cm³/mol. The number of benzene rings is 1. The highest BCUT2D eigenvalue weighted by atomic mass is 32.1. The molecule has 6 nitrogen and oxygen atoms in total. The fraction of sp³-hybridized carbons (Fsp3) is 0.438. The summed E-state index contributed by atoms with van der Waals surface area (Å²) in [5.41, 5.74) is -0.235. The second kappa shape index (κ2) is 7.73. The van der Waals surface area contributed by atoms with Gasteiger partial charge in [0.05, 0.1) is 5.69 Å². The van der Waals surface area contributed by atoms with Gasteiger partial charge in [0.15, 0.2) is 0 Å². The number of halogens is 2. The number of hydrogen-bond acceptors (Lipinski definition) is 5. The van der Waals surface area contributed by atoms with Crippen molar-refractivity contribution in [2.24, 2.45) is 0 Å². The van der Waals surface area contributed by atoms with Crippen LogP contribution < -0.4 is 15.5 Å². The first-order valence-corrected chi connectivity index (χ1v) is 8.94. The molecule has 1 fully saturated rings. The third-order valence-corrected chi connectivity index (χ3v) is 5.16. The summed E-state index contributed by atoms with van der Waals surface area (Å²) in [5, 5.41) is 13.8. The maximum Gasteiger partial charge on any atom is 0.325 e. The molecule has 1 aromatic carbocycles. The van der Waals surface area contributed by atoms with Gasteiger partial charge in [0.2, 0.25) is 10.3 Å². The molecule has 1 aliphatic carbocycles. The number of carbonyl (C=O) groups excluding carboxylic acids is 1. The standard InChI is InChI=1S/C16H19F2N5OS/c1-23(11-5-3-2-4-6-11)16-22-21-15(25-16)20-14(24)19-13-9-10(17)7-8-12(13)18/h7-9,11H,2-6H2,1H3,(H2,19,20,21,24). The van der Waals surface area contributed by atoms with Gasteiger partial charge in [0, 0.05) is 19.2 Å². The highest BCUT2D eigenvalue weighted by Gasteiger charge is 2.21. The van der Waals surface area contributed by atoms with Crippen molar-refractivity contribution in [3.05, 3.63) is 29.8 Å². The minimum Gasteiger partial charge on any atom is -0.347 e. The largest absolute Gasteiger partial charge is 0.347 e. The van der Waals surface area contributed by atoms with Gasteiger partial charge < -0.3 is 10.2 Å². The highest BCUT2D eigenvalue weighted by Crippen LogP contribution is 2.29. The van der Waals surface area contributed by atoms with Crippen molar-refractivity contribution in [3.8, 4) is 0 Å². The number of nitrogens with one attached hydrogen (secondary N) is 2. The topological polar surface area (TPSA) is 70.2 Å². The van der Waals surface area contributed by atoms with Crippen LogP contribution in [0.3, 0.4) is 0 Å². The number of amides is 2. The summed E-state index contributed by atoms with van der Waals surface area (Å²) in [6.07, 6.45) is 5.93. The fourth-order valence-corrected chi connectivity index (χ4v) is 3.65. The molecule has 1 aliphatic rings.